The van der Waals surface area contributed by atoms with Gasteiger partial charge in [0, 0.05) is 41.7 Å². The van der Waals surface area contributed by atoms with Crippen molar-refractivity contribution < 1.29 is 4.79 Å². The quantitative estimate of drug-likeness (QED) is 0.205. The zero-order chi connectivity index (χ0) is 29.2. The molecule has 0 spiro atoms. The average molecular weight is 561 g/mol. The minimum atomic E-state index is -0.200. The van der Waals surface area contributed by atoms with Crippen molar-refractivity contribution in [1.29, 1.82) is 0 Å². The first kappa shape index (κ1) is 30.4. The van der Waals surface area contributed by atoms with E-state index in [0.717, 1.165) is 79.8 Å². The first-order chi connectivity index (χ1) is 19.9. The molecule has 2 aliphatic heterocycles. The number of nitrogens with one attached hydrogen (secondary N) is 3. The molecular formula is C32H48N8O. The fourth-order valence-electron chi connectivity index (χ4n) is 5.84. The van der Waals surface area contributed by atoms with Crippen LogP contribution in [-0.4, -0.2) is 67.6 Å². The Labute approximate surface area is 245 Å². The number of unbranched alkanes of at least 4 members (excludes halogenated alkanes) is 1. The van der Waals surface area contributed by atoms with E-state index in [9.17, 15) is 4.79 Å². The van der Waals surface area contributed by atoms with Crippen molar-refractivity contribution in [3.63, 3.8) is 0 Å². The van der Waals surface area contributed by atoms with Crippen molar-refractivity contribution in [1.82, 2.24) is 15.1 Å². The number of rotatable bonds is 13. The van der Waals surface area contributed by atoms with Crippen LogP contribution in [0.5, 0.6) is 0 Å². The number of benzene rings is 2. The summed E-state index contributed by atoms with van der Waals surface area (Å²) in [5, 5.41) is 9.84. The molecule has 9 nitrogen and oxygen atoms in total. The predicted molar refractivity (Wildman–Crippen MR) is 170 cm³/mol. The predicted octanol–water partition coefficient (Wildman–Crippen LogP) is 3.58. The number of carbonyl (C=O) groups excluding carboxylic acids is 1. The minimum absolute atomic E-state index is 0.0870. The van der Waals surface area contributed by atoms with Gasteiger partial charge in [-0.25, -0.2) is 0 Å². The largest absolute Gasteiger partial charge is 0.400 e. The molecule has 0 saturated carbocycles. The molecule has 1 amide bonds. The van der Waals surface area contributed by atoms with Gasteiger partial charge in [0.05, 0.1) is 18.1 Å². The summed E-state index contributed by atoms with van der Waals surface area (Å²) in [5.41, 5.74) is 24.2. The number of hydrogen-bond donors (Lipinski definition) is 6. The molecule has 9 N–H and O–H groups in total. The molecule has 2 aliphatic rings. The molecule has 0 radical (unpaired) electrons. The lowest BCUT2D eigenvalue weighted by Gasteiger charge is -2.29. The van der Waals surface area contributed by atoms with Crippen molar-refractivity contribution >= 4 is 17.3 Å². The van der Waals surface area contributed by atoms with E-state index in [1.165, 1.54) is 6.42 Å². The van der Waals surface area contributed by atoms with E-state index < -0.39 is 0 Å². The third kappa shape index (κ3) is 8.03. The van der Waals surface area contributed by atoms with Crippen molar-refractivity contribution in [2.75, 3.05) is 44.4 Å². The molecular weight excluding hydrogens is 512 g/mol. The smallest absolute Gasteiger partial charge is 0.240 e. The average Bonchev–Trinajstić information content (AvgIpc) is 3.67. The number of nitrogens with zero attached hydrogens (tertiary/aromatic N) is 2. The number of hydrogen-bond acceptors (Lipinski definition) is 8. The van der Waals surface area contributed by atoms with Gasteiger partial charge in [-0.3, -0.25) is 9.69 Å². The van der Waals surface area contributed by atoms with Crippen molar-refractivity contribution in [3.05, 3.63) is 72.3 Å². The third-order valence-corrected chi connectivity index (χ3v) is 8.33. The number of nitrogens with two attached hydrogens (primary N) is 3. The highest BCUT2D eigenvalue weighted by atomic mass is 16.2. The van der Waals surface area contributed by atoms with Gasteiger partial charge in [-0.1, -0.05) is 30.7 Å². The van der Waals surface area contributed by atoms with Gasteiger partial charge in [-0.05, 0) is 101 Å². The second-order valence-electron chi connectivity index (χ2n) is 11.2. The highest BCUT2D eigenvalue weighted by Gasteiger charge is 2.33. The lowest BCUT2D eigenvalue weighted by atomic mass is 10.0. The van der Waals surface area contributed by atoms with Gasteiger partial charge in [0.15, 0.2) is 0 Å². The third-order valence-electron chi connectivity index (χ3n) is 8.33. The molecule has 2 heterocycles. The fourth-order valence-corrected chi connectivity index (χ4v) is 5.84. The normalized spacial score (nSPS) is 20.8. The molecule has 0 aliphatic carbocycles. The molecule has 4 rings (SSSR count). The van der Waals surface area contributed by atoms with Gasteiger partial charge >= 0.3 is 0 Å². The molecule has 2 aromatic rings. The molecule has 3 atom stereocenters. The Morgan fingerprint density at radius 3 is 1.93 bits per heavy atom. The van der Waals surface area contributed by atoms with E-state index in [1.54, 1.807) is 0 Å². The van der Waals surface area contributed by atoms with Crippen LogP contribution in [0.3, 0.4) is 0 Å². The van der Waals surface area contributed by atoms with Crippen LogP contribution in [-0.2, 0) is 4.79 Å². The molecule has 3 unspecified atom stereocenters. The van der Waals surface area contributed by atoms with Crippen molar-refractivity contribution in [2.45, 2.75) is 63.1 Å². The Hall–Kier alpha value is -3.53. The maximum atomic E-state index is 13.2. The first-order valence-electron chi connectivity index (χ1n) is 14.9. The summed E-state index contributed by atoms with van der Waals surface area (Å²) in [5.74, 6) is 0.120. The van der Waals surface area contributed by atoms with Gasteiger partial charge < -0.3 is 38.1 Å². The van der Waals surface area contributed by atoms with Crippen molar-refractivity contribution in [2.24, 2.45) is 17.2 Å². The van der Waals surface area contributed by atoms with Gasteiger partial charge in [-0.15, -0.1) is 0 Å². The standard InChI is InChI=1S/C32H48N8O/c1-36-29(7-3-4-18-33)32(41)40-20-6-9-31(40)28(35)22-38-26-16-12-24(13-17-26)23-10-14-25(15-11-23)37-21-27(34)30-8-5-19-39(30)2/h10-17,21-22,29-31,36-38H,3-9,18-20,33-35H2,1-2H3/b27-21-,28-22-. The molecule has 0 aromatic heterocycles. The van der Waals surface area contributed by atoms with Crippen LogP contribution in [0.25, 0.3) is 11.1 Å². The molecule has 2 fully saturated rings. The molecule has 41 heavy (non-hydrogen) atoms. The van der Waals surface area contributed by atoms with Gasteiger partial charge in [-0.2, -0.15) is 0 Å². The number of amides is 1. The molecule has 0 bridgehead atoms. The Kier molecular flexibility index (Phi) is 11.1. The van der Waals surface area contributed by atoms with E-state index in [1.807, 2.05) is 36.5 Å². The minimum Gasteiger partial charge on any atom is -0.400 e. The molecule has 2 aromatic carbocycles. The zero-order valence-corrected chi connectivity index (χ0v) is 24.6. The van der Waals surface area contributed by atoms with Gasteiger partial charge in [0.2, 0.25) is 5.91 Å². The van der Waals surface area contributed by atoms with E-state index in [4.69, 9.17) is 17.2 Å². The highest BCUT2D eigenvalue weighted by Crippen LogP contribution is 2.26. The van der Waals surface area contributed by atoms with Crippen LogP contribution >= 0.6 is 0 Å². The summed E-state index contributed by atoms with van der Waals surface area (Å²) in [6, 6.07) is 16.6. The molecule has 9 heteroatoms. The maximum Gasteiger partial charge on any atom is 0.240 e. The van der Waals surface area contributed by atoms with Crippen LogP contribution in [0.1, 0.15) is 44.9 Å². The Balaban J connectivity index is 1.31. The second-order valence-corrected chi connectivity index (χ2v) is 11.2. The Bertz CT molecular complexity index is 1180. The first-order valence-corrected chi connectivity index (χ1v) is 14.9. The SMILES string of the molecule is CNC(CCCCN)C(=O)N1CCCC1/C(N)=C/Nc1ccc(-c2ccc(N/C=C(\N)C3CCCN3C)cc2)cc1. The summed E-state index contributed by atoms with van der Waals surface area (Å²) >= 11 is 0. The van der Waals surface area contributed by atoms with Crippen molar-refractivity contribution in [3.8, 4) is 11.1 Å². The topological polar surface area (TPSA) is 138 Å². The summed E-state index contributed by atoms with van der Waals surface area (Å²) in [6.45, 7) is 2.48. The summed E-state index contributed by atoms with van der Waals surface area (Å²) in [6.07, 6.45) is 10.5. The second kappa shape index (κ2) is 14.9. The summed E-state index contributed by atoms with van der Waals surface area (Å²) in [7, 11) is 3.97. The van der Waals surface area contributed by atoms with E-state index >= 15 is 0 Å². The lowest BCUT2D eigenvalue weighted by molar-refractivity contribution is -0.133. The summed E-state index contributed by atoms with van der Waals surface area (Å²) < 4.78 is 0. The monoisotopic (exact) mass is 560 g/mol. The number of carbonyl (C=O) groups is 1. The van der Waals surface area contributed by atoms with Crippen LogP contribution in [0.4, 0.5) is 11.4 Å². The zero-order valence-electron chi connectivity index (χ0n) is 24.6. The lowest BCUT2D eigenvalue weighted by Crippen LogP contribution is -2.48. The van der Waals surface area contributed by atoms with E-state index in [2.05, 4.69) is 64.3 Å². The Morgan fingerprint density at radius 1 is 0.878 bits per heavy atom. The van der Waals surface area contributed by atoms with Crippen LogP contribution in [0, 0.1) is 0 Å². The van der Waals surface area contributed by atoms with Crippen LogP contribution in [0.2, 0.25) is 0 Å². The number of anilines is 2. The van der Waals surface area contributed by atoms with E-state index in [-0.39, 0.29) is 18.0 Å². The van der Waals surface area contributed by atoms with Crippen LogP contribution < -0.4 is 33.2 Å². The highest BCUT2D eigenvalue weighted by molar-refractivity contribution is 5.82. The fraction of sp³-hybridized carbons (Fsp3) is 0.469. The van der Waals surface area contributed by atoms with Crippen LogP contribution in [0.15, 0.2) is 72.3 Å². The van der Waals surface area contributed by atoms with E-state index in [0.29, 0.717) is 18.3 Å². The molecule has 2 saturated heterocycles. The number of likely N-dealkylation sites (N-methyl/N-ethyl adjacent to an activating group) is 2. The Morgan fingerprint density at radius 2 is 1.41 bits per heavy atom. The molecule has 222 valence electrons. The van der Waals surface area contributed by atoms with Gasteiger partial charge in [0.1, 0.15) is 0 Å². The summed E-state index contributed by atoms with van der Waals surface area (Å²) in [4.78, 5) is 17.4. The number of likely N-dealkylation sites (tertiary alicyclic amines) is 2. The maximum absolute atomic E-state index is 13.2. The van der Waals surface area contributed by atoms with Gasteiger partial charge in [0.25, 0.3) is 0 Å².